The van der Waals surface area contributed by atoms with Crippen molar-refractivity contribution in [2.75, 3.05) is 12.8 Å². The van der Waals surface area contributed by atoms with Gasteiger partial charge in [-0.05, 0) is 19.1 Å². The molecule has 0 bridgehead atoms. The highest BCUT2D eigenvalue weighted by Crippen LogP contribution is 2.20. The van der Waals surface area contributed by atoms with Gasteiger partial charge in [0.2, 0.25) is 10.0 Å². The van der Waals surface area contributed by atoms with E-state index >= 15 is 0 Å². The van der Waals surface area contributed by atoms with Gasteiger partial charge in [-0.2, -0.15) is 0 Å². The molecule has 0 spiro atoms. The molecule has 0 saturated carbocycles. The minimum atomic E-state index is -3.50. The highest BCUT2D eigenvalue weighted by atomic mass is 32.2. The number of thiophene rings is 1. The first kappa shape index (κ1) is 14.8. The Kier molecular flexibility index (Phi) is 5.26. The Hall–Kier alpha value is -0.280. The molecule has 0 fully saturated rings. The van der Waals surface area contributed by atoms with Gasteiger partial charge in [0.15, 0.2) is 0 Å². The molecule has 1 aromatic heterocycles. The van der Waals surface area contributed by atoms with E-state index in [9.17, 15) is 12.6 Å². The molecule has 3 N–H and O–H groups in total. The summed E-state index contributed by atoms with van der Waals surface area (Å²) in [7, 11) is -4.54. The highest BCUT2D eigenvalue weighted by Gasteiger charge is 2.18. The fraction of sp³-hybridized carbons (Fsp3) is 0.556. The van der Waals surface area contributed by atoms with Gasteiger partial charge in [-0.3, -0.25) is 4.21 Å². The van der Waals surface area contributed by atoms with Crippen molar-refractivity contribution in [3.8, 4) is 0 Å². The monoisotopic (exact) mass is 296 g/mol. The predicted molar refractivity (Wildman–Crippen MR) is 70.9 cm³/mol. The topological polar surface area (TPSA) is 89.3 Å². The zero-order valence-electron chi connectivity index (χ0n) is 9.67. The third-order valence-electron chi connectivity index (χ3n) is 2.23. The summed E-state index contributed by atoms with van der Waals surface area (Å²) in [5.41, 5.74) is 5.42. The van der Waals surface area contributed by atoms with E-state index in [1.165, 1.54) is 6.07 Å². The molecule has 5 nitrogen and oxygen atoms in total. The van der Waals surface area contributed by atoms with Gasteiger partial charge in [-0.15, -0.1) is 11.3 Å². The maximum absolute atomic E-state index is 11.8. The van der Waals surface area contributed by atoms with Crippen molar-refractivity contribution in [2.45, 2.75) is 22.9 Å². The van der Waals surface area contributed by atoms with Crippen LogP contribution in [0.5, 0.6) is 0 Å². The summed E-state index contributed by atoms with van der Waals surface area (Å²) in [6.45, 7) is 2.23. The van der Waals surface area contributed by atoms with Gasteiger partial charge >= 0.3 is 0 Å². The molecule has 2 unspecified atom stereocenters. The van der Waals surface area contributed by atoms with E-state index < -0.39 is 20.8 Å². The predicted octanol–water partition coefficient (Wildman–Crippen LogP) is 0.252. The normalized spacial score (nSPS) is 15.7. The van der Waals surface area contributed by atoms with E-state index in [0.29, 0.717) is 6.54 Å². The van der Waals surface area contributed by atoms with Crippen LogP contribution in [0.4, 0.5) is 0 Å². The van der Waals surface area contributed by atoms with Gasteiger partial charge in [0, 0.05) is 40.3 Å². The van der Waals surface area contributed by atoms with Crippen LogP contribution in [0, 0.1) is 0 Å². The van der Waals surface area contributed by atoms with Gasteiger partial charge < -0.3 is 5.73 Å². The van der Waals surface area contributed by atoms with Crippen molar-refractivity contribution in [2.24, 2.45) is 5.73 Å². The molecular weight excluding hydrogens is 280 g/mol. The average Bonchev–Trinajstić information content (AvgIpc) is 2.75. The summed E-state index contributed by atoms with van der Waals surface area (Å²) in [5.74, 6) is 0. The van der Waals surface area contributed by atoms with E-state index in [2.05, 4.69) is 4.72 Å². The lowest BCUT2D eigenvalue weighted by Gasteiger charge is -2.09. The molecule has 17 heavy (non-hydrogen) atoms. The fourth-order valence-corrected chi connectivity index (χ4v) is 3.86. The molecule has 0 aliphatic carbocycles. The largest absolute Gasteiger partial charge is 0.326 e. The standard InChI is InChI=1S/C9H16N2O3S3/c1-7(16(2)12)6-11-17(13,14)9-4-3-8(5-10)15-9/h3-4,7,11H,5-6,10H2,1-2H3. The molecule has 0 radical (unpaired) electrons. The lowest BCUT2D eigenvalue weighted by Crippen LogP contribution is -2.32. The zero-order valence-corrected chi connectivity index (χ0v) is 12.1. The first-order valence-electron chi connectivity index (χ1n) is 4.97. The lowest BCUT2D eigenvalue weighted by atomic mass is 10.5. The average molecular weight is 296 g/mol. The summed E-state index contributed by atoms with van der Waals surface area (Å²) in [6, 6.07) is 3.23. The third kappa shape index (κ3) is 4.14. The van der Waals surface area contributed by atoms with Crippen LogP contribution in [0.2, 0.25) is 0 Å². The number of hydrogen-bond donors (Lipinski definition) is 2. The van der Waals surface area contributed by atoms with Crippen LogP contribution in [-0.4, -0.2) is 30.7 Å². The molecule has 1 aromatic rings. The summed E-state index contributed by atoms with van der Waals surface area (Å²) in [6.07, 6.45) is 1.55. The van der Waals surface area contributed by atoms with Crippen LogP contribution in [0.1, 0.15) is 11.8 Å². The number of nitrogens with two attached hydrogens (primary N) is 1. The number of sulfonamides is 1. The molecule has 2 atom stereocenters. The maximum Gasteiger partial charge on any atom is 0.250 e. The van der Waals surface area contributed by atoms with Gasteiger partial charge in [0.1, 0.15) is 4.21 Å². The van der Waals surface area contributed by atoms with Crippen LogP contribution in [0.25, 0.3) is 0 Å². The van der Waals surface area contributed by atoms with Crippen LogP contribution in [0.3, 0.4) is 0 Å². The second-order valence-corrected chi connectivity index (χ2v) is 8.55. The highest BCUT2D eigenvalue weighted by molar-refractivity contribution is 7.91. The molecule has 0 saturated heterocycles. The van der Waals surface area contributed by atoms with Crippen molar-refractivity contribution in [1.29, 1.82) is 0 Å². The van der Waals surface area contributed by atoms with Crippen molar-refractivity contribution in [1.82, 2.24) is 4.72 Å². The summed E-state index contributed by atoms with van der Waals surface area (Å²) < 4.78 is 37.5. The van der Waals surface area contributed by atoms with Crippen LogP contribution in [-0.2, 0) is 27.4 Å². The van der Waals surface area contributed by atoms with Crippen molar-refractivity contribution in [3.63, 3.8) is 0 Å². The molecule has 0 amide bonds. The van der Waals surface area contributed by atoms with Gasteiger partial charge in [0.25, 0.3) is 0 Å². The van der Waals surface area contributed by atoms with E-state index in [4.69, 9.17) is 5.73 Å². The number of rotatable bonds is 6. The van der Waals surface area contributed by atoms with E-state index in [1.807, 2.05) is 0 Å². The Morgan fingerprint density at radius 1 is 1.53 bits per heavy atom. The summed E-state index contributed by atoms with van der Waals surface area (Å²) >= 11 is 1.15. The van der Waals surface area contributed by atoms with Gasteiger partial charge in [-0.25, -0.2) is 13.1 Å². The Bertz CT molecular complexity index is 495. The van der Waals surface area contributed by atoms with Crippen LogP contribution >= 0.6 is 11.3 Å². The zero-order chi connectivity index (χ0) is 13.1. The Morgan fingerprint density at radius 3 is 2.65 bits per heavy atom. The van der Waals surface area contributed by atoms with E-state index in [-0.39, 0.29) is 16.0 Å². The van der Waals surface area contributed by atoms with Crippen LogP contribution in [0.15, 0.2) is 16.3 Å². The van der Waals surface area contributed by atoms with Crippen molar-refractivity contribution >= 4 is 32.2 Å². The molecule has 1 rings (SSSR count). The molecule has 8 heteroatoms. The third-order valence-corrected chi connectivity index (χ3v) is 6.55. The molecule has 0 aliphatic rings. The Labute approximate surface area is 108 Å². The summed E-state index contributed by atoms with van der Waals surface area (Å²) in [4.78, 5) is 0.817. The molecule has 1 heterocycles. The van der Waals surface area contributed by atoms with E-state index in [0.717, 1.165) is 16.2 Å². The van der Waals surface area contributed by atoms with Crippen molar-refractivity contribution < 1.29 is 12.6 Å². The van der Waals surface area contributed by atoms with E-state index in [1.54, 1.807) is 19.2 Å². The molecule has 0 aliphatic heterocycles. The minimum absolute atomic E-state index is 0.168. The molecular formula is C9H16N2O3S3. The maximum atomic E-state index is 11.8. The van der Waals surface area contributed by atoms with Gasteiger partial charge in [-0.1, -0.05) is 0 Å². The SMILES string of the molecule is CC(CNS(=O)(=O)c1ccc(CN)s1)S(C)=O. The fourth-order valence-electron chi connectivity index (χ4n) is 1.03. The lowest BCUT2D eigenvalue weighted by molar-refractivity contribution is 0.583. The molecule has 98 valence electrons. The van der Waals surface area contributed by atoms with Crippen molar-refractivity contribution in [3.05, 3.63) is 17.0 Å². The number of hydrogen-bond acceptors (Lipinski definition) is 5. The smallest absolute Gasteiger partial charge is 0.250 e. The second-order valence-electron chi connectivity index (χ2n) is 3.59. The van der Waals surface area contributed by atoms with Crippen LogP contribution < -0.4 is 10.5 Å². The first-order valence-corrected chi connectivity index (χ1v) is 8.89. The quantitative estimate of drug-likeness (QED) is 0.787. The summed E-state index contributed by atoms with van der Waals surface area (Å²) in [5, 5.41) is -0.210. The Morgan fingerprint density at radius 2 is 2.18 bits per heavy atom. The second kappa shape index (κ2) is 6.05. The minimum Gasteiger partial charge on any atom is -0.326 e. The number of nitrogens with one attached hydrogen (secondary N) is 1. The first-order chi connectivity index (χ1) is 7.86. The molecule has 0 aromatic carbocycles. The van der Waals surface area contributed by atoms with Gasteiger partial charge in [0.05, 0.1) is 0 Å². The Balaban J connectivity index is 2.72.